The summed E-state index contributed by atoms with van der Waals surface area (Å²) in [4.78, 5) is 27.1. The van der Waals surface area contributed by atoms with E-state index >= 15 is 0 Å². The van der Waals surface area contributed by atoms with E-state index in [2.05, 4.69) is 22.6 Å². The van der Waals surface area contributed by atoms with Gasteiger partial charge in [0.1, 0.15) is 11.9 Å². The minimum absolute atomic E-state index is 0.00933. The number of benzene rings is 3. The van der Waals surface area contributed by atoms with Gasteiger partial charge in [0.25, 0.3) is 5.91 Å². The predicted molar refractivity (Wildman–Crippen MR) is 126 cm³/mol. The van der Waals surface area contributed by atoms with Gasteiger partial charge in [0.2, 0.25) is 15.9 Å². The second kappa shape index (κ2) is 9.08. The molecule has 6 nitrogen and oxygen atoms in total. The third kappa shape index (κ3) is 4.45. The number of nitrogens with zero attached hydrogens (tertiary/aromatic N) is 2. The van der Waals surface area contributed by atoms with Crippen molar-refractivity contribution in [3.8, 4) is 0 Å². The summed E-state index contributed by atoms with van der Waals surface area (Å²) < 4.78 is 42.3. The highest BCUT2D eigenvalue weighted by molar-refractivity contribution is 14.1. The topological polar surface area (TPSA) is 74.8 Å². The normalized spacial score (nSPS) is 16.7. The van der Waals surface area contributed by atoms with Crippen molar-refractivity contribution in [2.75, 3.05) is 4.90 Å². The molecule has 3 aromatic rings. The van der Waals surface area contributed by atoms with Gasteiger partial charge in [-0.25, -0.2) is 17.7 Å². The number of carbonyl (C=O) groups is 2. The lowest BCUT2D eigenvalue weighted by molar-refractivity contribution is -0.122. The molecular weight excluding hydrogens is 546 g/mol. The lowest BCUT2D eigenvalue weighted by atomic mass is 10.2. The van der Waals surface area contributed by atoms with Crippen LogP contribution in [0.25, 0.3) is 0 Å². The van der Waals surface area contributed by atoms with E-state index in [4.69, 9.17) is 0 Å². The van der Waals surface area contributed by atoms with Crippen LogP contribution in [0.3, 0.4) is 0 Å². The van der Waals surface area contributed by atoms with Gasteiger partial charge in [0.05, 0.1) is 17.0 Å². The molecule has 9 heteroatoms. The van der Waals surface area contributed by atoms with Gasteiger partial charge in [-0.05, 0) is 76.7 Å². The van der Waals surface area contributed by atoms with Crippen molar-refractivity contribution in [1.29, 1.82) is 0 Å². The number of hydrogen-bond donors (Lipinski definition) is 0. The largest absolute Gasteiger partial charge is 0.274 e. The summed E-state index contributed by atoms with van der Waals surface area (Å²) in [7, 11) is -4.12. The van der Waals surface area contributed by atoms with Crippen LogP contribution < -0.4 is 4.90 Å². The van der Waals surface area contributed by atoms with E-state index in [1.807, 2.05) is 0 Å². The molecule has 0 saturated carbocycles. The summed E-state index contributed by atoms with van der Waals surface area (Å²) in [5.41, 5.74) is 0.889. The second-order valence-corrected chi connectivity index (χ2v) is 10.4. The van der Waals surface area contributed by atoms with Crippen LogP contribution in [0, 0.1) is 9.39 Å². The van der Waals surface area contributed by atoms with Crippen molar-refractivity contribution in [2.24, 2.45) is 0 Å². The van der Waals surface area contributed by atoms with Crippen LogP contribution in [0.5, 0.6) is 0 Å². The monoisotopic (exact) mass is 564 g/mol. The first-order valence-electron chi connectivity index (χ1n) is 9.71. The Morgan fingerprint density at radius 1 is 0.938 bits per heavy atom. The molecule has 32 heavy (non-hydrogen) atoms. The van der Waals surface area contributed by atoms with Crippen molar-refractivity contribution in [3.05, 3.63) is 93.8 Å². The molecule has 0 radical (unpaired) electrons. The Morgan fingerprint density at radius 3 is 2.19 bits per heavy atom. The first-order chi connectivity index (χ1) is 15.3. The fourth-order valence-electron chi connectivity index (χ4n) is 3.56. The third-order valence-electron chi connectivity index (χ3n) is 5.16. The Hall–Kier alpha value is -2.63. The second-order valence-electron chi connectivity index (χ2n) is 7.25. The van der Waals surface area contributed by atoms with E-state index in [1.54, 1.807) is 42.5 Å². The maximum absolute atomic E-state index is 13.5. The molecule has 1 aliphatic heterocycles. The Morgan fingerprint density at radius 2 is 1.56 bits per heavy atom. The summed E-state index contributed by atoms with van der Waals surface area (Å²) in [6.45, 7) is -0.179. The molecule has 0 spiro atoms. The Labute approximate surface area is 198 Å². The standard InChI is InChI=1S/C23H18FIN2O4S/c24-17-8-6-16(7-9-17)15-26(32(30,31)20-4-2-1-3-5-20)21-14-22(28)27(23(21)29)19-12-10-18(25)11-13-19/h1-13,21H,14-15H2. The first-order valence-corrected chi connectivity index (χ1v) is 12.2. The SMILES string of the molecule is O=C1CC(N(Cc2ccc(F)cc2)S(=O)(=O)c2ccccc2)C(=O)N1c1ccc(I)cc1. The molecule has 1 aliphatic rings. The van der Waals surface area contributed by atoms with Crippen LogP contribution in [-0.2, 0) is 26.2 Å². The van der Waals surface area contributed by atoms with Crippen molar-refractivity contribution in [1.82, 2.24) is 4.31 Å². The molecule has 1 atom stereocenters. The number of carbonyl (C=O) groups excluding carboxylic acids is 2. The van der Waals surface area contributed by atoms with Crippen molar-refractivity contribution < 1.29 is 22.4 Å². The lowest BCUT2D eigenvalue weighted by Crippen LogP contribution is -2.45. The number of hydrogen-bond acceptors (Lipinski definition) is 4. The zero-order valence-electron chi connectivity index (χ0n) is 16.7. The van der Waals surface area contributed by atoms with Gasteiger partial charge >= 0.3 is 0 Å². The summed E-state index contributed by atoms with van der Waals surface area (Å²) in [6.07, 6.45) is -0.280. The molecule has 0 aliphatic carbocycles. The van der Waals surface area contributed by atoms with Crippen LogP contribution in [0.15, 0.2) is 83.8 Å². The Bertz CT molecular complexity index is 1250. The molecule has 164 valence electrons. The maximum atomic E-state index is 13.5. The third-order valence-corrected chi connectivity index (χ3v) is 7.74. The van der Waals surface area contributed by atoms with E-state index in [9.17, 15) is 22.4 Å². The average molecular weight is 564 g/mol. The van der Waals surface area contributed by atoms with Gasteiger partial charge in [-0.1, -0.05) is 30.3 Å². The number of halogens is 2. The van der Waals surface area contributed by atoms with Gasteiger partial charge in [-0.2, -0.15) is 4.31 Å². The van der Waals surface area contributed by atoms with Crippen LogP contribution in [0.1, 0.15) is 12.0 Å². The summed E-state index contributed by atoms with van der Waals surface area (Å²) in [5.74, 6) is -1.55. The highest BCUT2D eigenvalue weighted by atomic mass is 127. The highest BCUT2D eigenvalue weighted by Gasteiger charge is 2.46. The molecule has 1 saturated heterocycles. The van der Waals surface area contributed by atoms with Gasteiger partial charge in [0.15, 0.2) is 0 Å². The zero-order chi connectivity index (χ0) is 22.9. The molecule has 1 heterocycles. The number of amides is 2. The molecule has 0 N–H and O–H groups in total. The lowest BCUT2D eigenvalue weighted by Gasteiger charge is -2.27. The van der Waals surface area contributed by atoms with Crippen molar-refractivity contribution >= 4 is 50.1 Å². The minimum Gasteiger partial charge on any atom is -0.274 e. The first kappa shape index (κ1) is 22.6. The van der Waals surface area contributed by atoms with E-state index in [1.165, 1.54) is 36.4 Å². The molecule has 4 rings (SSSR count). The minimum atomic E-state index is -4.12. The van der Waals surface area contributed by atoms with E-state index in [-0.39, 0.29) is 17.9 Å². The van der Waals surface area contributed by atoms with Crippen LogP contribution in [0.2, 0.25) is 0 Å². The van der Waals surface area contributed by atoms with Crippen molar-refractivity contribution in [3.63, 3.8) is 0 Å². The molecule has 1 fully saturated rings. The zero-order valence-corrected chi connectivity index (χ0v) is 19.7. The Kier molecular flexibility index (Phi) is 6.40. The summed E-state index contributed by atoms with van der Waals surface area (Å²) >= 11 is 2.11. The maximum Gasteiger partial charge on any atom is 0.252 e. The molecule has 2 amide bonds. The van der Waals surface area contributed by atoms with Gasteiger partial charge in [-0.3, -0.25) is 9.59 Å². The van der Waals surface area contributed by atoms with Crippen LogP contribution in [0.4, 0.5) is 10.1 Å². The summed E-state index contributed by atoms with van der Waals surface area (Å²) in [5, 5.41) is 0. The average Bonchev–Trinajstić information content (AvgIpc) is 3.08. The molecule has 1 unspecified atom stereocenters. The van der Waals surface area contributed by atoms with E-state index in [0.29, 0.717) is 11.3 Å². The number of imide groups is 1. The van der Waals surface area contributed by atoms with E-state index in [0.717, 1.165) is 12.8 Å². The van der Waals surface area contributed by atoms with E-state index < -0.39 is 33.7 Å². The molecule has 0 aromatic heterocycles. The molecule has 0 bridgehead atoms. The van der Waals surface area contributed by atoms with Crippen molar-refractivity contribution in [2.45, 2.75) is 23.9 Å². The summed E-state index contributed by atoms with van der Waals surface area (Å²) in [6, 6.07) is 18.7. The predicted octanol–water partition coefficient (Wildman–Crippen LogP) is 3.95. The number of sulfonamides is 1. The molecular formula is C23H18FIN2O4S. The molecule has 3 aromatic carbocycles. The smallest absolute Gasteiger partial charge is 0.252 e. The quantitative estimate of drug-likeness (QED) is 0.336. The number of rotatable bonds is 6. The van der Waals surface area contributed by atoms with Gasteiger partial charge in [-0.15, -0.1) is 0 Å². The fraction of sp³-hybridized carbons (Fsp3) is 0.130. The fourth-order valence-corrected chi connectivity index (χ4v) is 5.51. The Balaban J connectivity index is 1.74. The van der Waals surface area contributed by atoms with Gasteiger partial charge < -0.3 is 0 Å². The number of anilines is 1. The highest BCUT2D eigenvalue weighted by Crippen LogP contribution is 2.31. The van der Waals surface area contributed by atoms with Crippen LogP contribution >= 0.6 is 22.6 Å². The van der Waals surface area contributed by atoms with Crippen LogP contribution in [-0.4, -0.2) is 30.6 Å². The van der Waals surface area contributed by atoms with Gasteiger partial charge in [0, 0.05) is 10.1 Å².